The second-order valence-electron chi connectivity index (χ2n) is 3.78. The number of carbonyl (C=O) groups excluding carboxylic acids is 1. The normalized spacial score (nSPS) is 21.4. The number of hydrogen-bond donors (Lipinski definition) is 1. The molecule has 0 aromatic rings. The van der Waals surface area contributed by atoms with E-state index >= 15 is 0 Å². The Bertz CT molecular complexity index is 331. The summed E-state index contributed by atoms with van der Waals surface area (Å²) in [6.07, 6.45) is 1.18. The molecule has 1 aliphatic rings. The minimum atomic E-state index is -3.13. The summed E-state index contributed by atoms with van der Waals surface area (Å²) in [7, 11) is -3.13. The molecule has 1 rings (SSSR count). The predicted molar refractivity (Wildman–Crippen MR) is 56.6 cm³/mol. The van der Waals surface area contributed by atoms with Crippen molar-refractivity contribution >= 4 is 15.9 Å². The van der Waals surface area contributed by atoms with Crippen LogP contribution in [0.5, 0.6) is 0 Å². The zero-order valence-electron chi connectivity index (χ0n) is 9.01. The van der Waals surface area contributed by atoms with Gasteiger partial charge in [0.2, 0.25) is 15.9 Å². The van der Waals surface area contributed by atoms with Crippen molar-refractivity contribution in [3.8, 4) is 0 Å². The maximum atomic E-state index is 11.5. The van der Waals surface area contributed by atoms with Gasteiger partial charge in [0.15, 0.2) is 0 Å². The Morgan fingerprint density at radius 2 is 1.73 bits per heavy atom. The van der Waals surface area contributed by atoms with E-state index in [-0.39, 0.29) is 5.91 Å². The average Bonchev–Trinajstić information content (AvgIpc) is 2.15. The van der Waals surface area contributed by atoms with E-state index in [1.54, 1.807) is 11.8 Å². The van der Waals surface area contributed by atoms with Gasteiger partial charge in [-0.25, -0.2) is 8.42 Å². The zero-order chi connectivity index (χ0) is 11.6. The molecule has 0 saturated carbocycles. The summed E-state index contributed by atoms with van der Waals surface area (Å²) in [5.74, 6) is -0.122. The molecule has 1 aliphatic heterocycles. The first-order valence-corrected chi connectivity index (χ1v) is 6.66. The summed E-state index contributed by atoms with van der Waals surface area (Å²) in [6, 6.07) is -0.519. The molecule has 0 spiro atoms. The molecule has 0 unspecified atom stereocenters. The topological polar surface area (TPSA) is 83.7 Å². The molecule has 15 heavy (non-hydrogen) atoms. The molecule has 1 atom stereocenters. The smallest absolute Gasteiger partial charge is 0.239 e. The van der Waals surface area contributed by atoms with Gasteiger partial charge in [-0.3, -0.25) is 4.79 Å². The lowest BCUT2D eigenvalue weighted by atomic mass is 10.2. The standard InChI is InChI=1S/C8H17N3O3S/c1-7(9)8(12)10-3-5-11(6-4-10)15(2,13)14/h7H,3-6,9H2,1-2H3/t7-/m1/s1. The van der Waals surface area contributed by atoms with Gasteiger partial charge in [-0.05, 0) is 6.92 Å². The minimum absolute atomic E-state index is 0.122. The second kappa shape index (κ2) is 4.46. The number of sulfonamides is 1. The Kier molecular flexibility index (Phi) is 3.69. The van der Waals surface area contributed by atoms with Crippen LogP contribution in [0.2, 0.25) is 0 Å². The lowest BCUT2D eigenvalue weighted by molar-refractivity contribution is -0.133. The highest BCUT2D eigenvalue weighted by molar-refractivity contribution is 7.88. The van der Waals surface area contributed by atoms with Crippen LogP contribution >= 0.6 is 0 Å². The van der Waals surface area contributed by atoms with Crippen molar-refractivity contribution in [2.75, 3.05) is 32.4 Å². The van der Waals surface area contributed by atoms with E-state index in [0.29, 0.717) is 26.2 Å². The highest BCUT2D eigenvalue weighted by Crippen LogP contribution is 2.06. The van der Waals surface area contributed by atoms with Crippen molar-refractivity contribution in [1.29, 1.82) is 0 Å². The maximum Gasteiger partial charge on any atom is 0.239 e. The fourth-order valence-electron chi connectivity index (χ4n) is 1.53. The van der Waals surface area contributed by atoms with Crippen molar-refractivity contribution < 1.29 is 13.2 Å². The molecule has 0 radical (unpaired) electrons. The fourth-order valence-corrected chi connectivity index (χ4v) is 2.35. The first-order valence-electron chi connectivity index (χ1n) is 4.82. The Labute approximate surface area is 90.1 Å². The van der Waals surface area contributed by atoms with Crippen molar-refractivity contribution in [2.45, 2.75) is 13.0 Å². The van der Waals surface area contributed by atoms with E-state index in [2.05, 4.69) is 0 Å². The molecule has 1 amide bonds. The third kappa shape index (κ3) is 3.15. The Hall–Kier alpha value is -0.660. The molecule has 0 bridgehead atoms. The molecular weight excluding hydrogens is 218 g/mol. The van der Waals surface area contributed by atoms with E-state index in [0.717, 1.165) is 0 Å². The van der Waals surface area contributed by atoms with E-state index in [4.69, 9.17) is 5.73 Å². The van der Waals surface area contributed by atoms with Crippen LogP contribution in [-0.4, -0.2) is 62.0 Å². The fraction of sp³-hybridized carbons (Fsp3) is 0.875. The molecule has 2 N–H and O–H groups in total. The number of carbonyl (C=O) groups is 1. The number of nitrogens with zero attached hydrogens (tertiary/aromatic N) is 2. The molecular formula is C8H17N3O3S. The van der Waals surface area contributed by atoms with Gasteiger partial charge in [0.05, 0.1) is 12.3 Å². The molecule has 0 aromatic carbocycles. The minimum Gasteiger partial charge on any atom is -0.339 e. The lowest BCUT2D eigenvalue weighted by Crippen LogP contribution is -2.53. The number of rotatable bonds is 2. The largest absolute Gasteiger partial charge is 0.339 e. The molecule has 88 valence electrons. The maximum absolute atomic E-state index is 11.5. The van der Waals surface area contributed by atoms with Crippen LogP contribution in [-0.2, 0) is 14.8 Å². The third-order valence-electron chi connectivity index (χ3n) is 2.41. The summed E-state index contributed by atoms with van der Waals surface area (Å²) in [6.45, 7) is 3.20. The van der Waals surface area contributed by atoms with E-state index in [1.165, 1.54) is 10.6 Å². The quantitative estimate of drug-likeness (QED) is 0.627. The summed E-state index contributed by atoms with van der Waals surface area (Å²) < 4.78 is 23.8. The van der Waals surface area contributed by atoms with Crippen LogP contribution in [0.1, 0.15) is 6.92 Å². The molecule has 7 heteroatoms. The Morgan fingerprint density at radius 3 is 2.07 bits per heavy atom. The lowest BCUT2D eigenvalue weighted by Gasteiger charge is -2.34. The van der Waals surface area contributed by atoms with Gasteiger partial charge in [-0.2, -0.15) is 4.31 Å². The van der Waals surface area contributed by atoms with Gasteiger partial charge in [-0.15, -0.1) is 0 Å². The van der Waals surface area contributed by atoms with Gasteiger partial charge in [0.1, 0.15) is 0 Å². The van der Waals surface area contributed by atoms with Crippen LogP contribution in [0.25, 0.3) is 0 Å². The van der Waals surface area contributed by atoms with Crippen LogP contribution < -0.4 is 5.73 Å². The Balaban J connectivity index is 2.53. The number of nitrogens with two attached hydrogens (primary N) is 1. The first-order chi connectivity index (χ1) is 6.82. The van der Waals surface area contributed by atoms with E-state index in [1.807, 2.05) is 0 Å². The highest BCUT2D eigenvalue weighted by Gasteiger charge is 2.26. The first kappa shape index (κ1) is 12.4. The molecule has 0 aromatic heterocycles. The molecule has 1 saturated heterocycles. The number of amides is 1. The number of hydrogen-bond acceptors (Lipinski definition) is 4. The molecule has 1 heterocycles. The van der Waals surface area contributed by atoms with Crippen LogP contribution in [0.15, 0.2) is 0 Å². The van der Waals surface area contributed by atoms with Crippen molar-refractivity contribution in [1.82, 2.24) is 9.21 Å². The predicted octanol–water partition coefficient (Wildman–Crippen LogP) is -1.56. The Morgan fingerprint density at radius 1 is 1.27 bits per heavy atom. The average molecular weight is 235 g/mol. The van der Waals surface area contributed by atoms with Gasteiger partial charge < -0.3 is 10.6 Å². The third-order valence-corrected chi connectivity index (χ3v) is 3.71. The highest BCUT2D eigenvalue weighted by atomic mass is 32.2. The molecule has 1 fully saturated rings. The van der Waals surface area contributed by atoms with Gasteiger partial charge in [0.25, 0.3) is 0 Å². The second-order valence-corrected chi connectivity index (χ2v) is 5.76. The zero-order valence-corrected chi connectivity index (χ0v) is 9.83. The van der Waals surface area contributed by atoms with Crippen LogP contribution in [0, 0.1) is 0 Å². The SMILES string of the molecule is C[C@@H](N)C(=O)N1CCN(S(C)(=O)=O)CC1. The monoisotopic (exact) mass is 235 g/mol. The summed E-state index contributed by atoms with van der Waals surface area (Å²) in [4.78, 5) is 13.1. The summed E-state index contributed by atoms with van der Waals surface area (Å²) in [5.41, 5.74) is 5.46. The summed E-state index contributed by atoms with van der Waals surface area (Å²) in [5, 5.41) is 0. The van der Waals surface area contributed by atoms with Crippen LogP contribution in [0.4, 0.5) is 0 Å². The van der Waals surface area contributed by atoms with Crippen LogP contribution in [0.3, 0.4) is 0 Å². The van der Waals surface area contributed by atoms with Gasteiger partial charge >= 0.3 is 0 Å². The van der Waals surface area contributed by atoms with E-state index in [9.17, 15) is 13.2 Å². The van der Waals surface area contributed by atoms with Gasteiger partial charge in [0, 0.05) is 26.2 Å². The van der Waals surface area contributed by atoms with Crippen molar-refractivity contribution in [3.05, 3.63) is 0 Å². The number of piperazine rings is 1. The summed E-state index contributed by atoms with van der Waals surface area (Å²) >= 11 is 0. The van der Waals surface area contributed by atoms with Gasteiger partial charge in [-0.1, -0.05) is 0 Å². The van der Waals surface area contributed by atoms with E-state index < -0.39 is 16.1 Å². The van der Waals surface area contributed by atoms with Crippen molar-refractivity contribution in [2.24, 2.45) is 5.73 Å². The van der Waals surface area contributed by atoms with Crippen molar-refractivity contribution in [3.63, 3.8) is 0 Å². The molecule has 0 aliphatic carbocycles. The molecule has 6 nitrogen and oxygen atoms in total.